The molecule has 4 N–H and O–H groups in total. The van der Waals surface area contributed by atoms with Gasteiger partial charge >= 0.3 is 0 Å². The van der Waals surface area contributed by atoms with Crippen LogP contribution in [-0.4, -0.2) is 30.0 Å². The minimum atomic E-state index is -0.249. The number of aromatic amines is 1. The van der Waals surface area contributed by atoms with Gasteiger partial charge in [-0.05, 0) is 18.2 Å². The van der Waals surface area contributed by atoms with E-state index in [-0.39, 0.29) is 5.91 Å². The van der Waals surface area contributed by atoms with Crippen LogP contribution in [0, 0.1) is 0 Å². The first-order valence-corrected chi connectivity index (χ1v) is 5.45. The van der Waals surface area contributed by atoms with Crippen LogP contribution in [0.5, 0.6) is 0 Å². The van der Waals surface area contributed by atoms with Crippen molar-refractivity contribution in [2.75, 3.05) is 30.0 Å². The maximum atomic E-state index is 12.1. The summed E-state index contributed by atoms with van der Waals surface area (Å²) in [4.78, 5) is 20.8. The van der Waals surface area contributed by atoms with Gasteiger partial charge in [0, 0.05) is 37.9 Å². The van der Waals surface area contributed by atoms with Gasteiger partial charge in [-0.2, -0.15) is 0 Å². The van der Waals surface area contributed by atoms with Crippen molar-refractivity contribution in [2.45, 2.75) is 0 Å². The van der Waals surface area contributed by atoms with E-state index in [9.17, 15) is 4.79 Å². The van der Waals surface area contributed by atoms with Gasteiger partial charge in [-0.15, -0.1) is 0 Å². The summed E-state index contributed by atoms with van der Waals surface area (Å²) in [6.45, 7) is 0. The molecule has 94 valence electrons. The zero-order valence-corrected chi connectivity index (χ0v) is 10.3. The molecule has 0 aliphatic heterocycles. The second kappa shape index (κ2) is 4.79. The molecule has 6 nitrogen and oxygen atoms in total. The van der Waals surface area contributed by atoms with Crippen LogP contribution in [0.15, 0.2) is 30.6 Å². The van der Waals surface area contributed by atoms with Crippen molar-refractivity contribution < 1.29 is 4.79 Å². The van der Waals surface area contributed by atoms with Gasteiger partial charge in [-0.1, -0.05) is 0 Å². The van der Waals surface area contributed by atoms with E-state index in [4.69, 9.17) is 5.73 Å². The van der Waals surface area contributed by atoms with Gasteiger partial charge in [0.25, 0.3) is 5.91 Å². The molecule has 0 radical (unpaired) electrons. The molecular formula is C12H15N5O. The number of hydrogen-bond acceptors (Lipinski definition) is 4. The standard InChI is InChI=1S/C12H15N5O/c1-17(2)10-4-3-8(13)7-9(10)11(18)16-12-14-5-6-15-12/h3-7H,13H2,1-2H3,(H2,14,15,16,18). The van der Waals surface area contributed by atoms with Crippen molar-refractivity contribution in [1.29, 1.82) is 0 Å². The molecule has 0 bridgehead atoms. The molecule has 0 aliphatic rings. The smallest absolute Gasteiger partial charge is 0.260 e. The number of carbonyl (C=O) groups is 1. The van der Waals surface area contributed by atoms with Gasteiger partial charge in [0.2, 0.25) is 5.95 Å². The van der Waals surface area contributed by atoms with E-state index in [1.54, 1.807) is 24.5 Å². The quantitative estimate of drug-likeness (QED) is 0.711. The Morgan fingerprint density at radius 3 is 2.83 bits per heavy atom. The second-order valence-corrected chi connectivity index (χ2v) is 4.06. The molecule has 1 amide bonds. The molecule has 0 fully saturated rings. The SMILES string of the molecule is CN(C)c1ccc(N)cc1C(=O)Nc1ncc[nH]1. The van der Waals surface area contributed by atoms with E-state index in [1.165, 1.54) is 0 Å². The van der Waals surface area contributed by atoms with Crippen molar-refractivity contribution in [3.63, 3.8) is 0 Å². The summed E-state index contributed by atoms with van der Waals surface area (Å²) in [5.41, 5.74) is 7.57. The maximum Gasteiger partial charge on any atom is 0.260 e. The van der Waals surface area contributed by atoms with E-state index in [0.29, 0.717) is 17.2 Å². The maximum absolute atomic E-state index is 12.1. The number of imidazole rings is 1. The van der Waals surface area contributed by atoms with Gasteiger partial charge in [-0.25, -0.2) is 4.98 Å². The highest BCUT2D eigenvalue weighted by atomic mass is 16.1. The number of carbonyl (C=O) groups excluding carboxylic acids is 1. The minimum Gasteiger partial charge on any atom is -0.399 e. The summed E-state index contributed by atoms with van der Waals surface area (Å²) in [6.07, 6.45) is 3.21. The molecule has 1 aromatic heterocycles. The molecule has 0 atom stereocenters. The Hall–Kier alpha value is -2.50. The van der Waals surface area contributed by atoms with Gasteiger partial charge < -0.3 is 15.6 Å². The number of nitrogen functional groups attached to an aromatic ring is 1. The third kappa shape index (κ3) is 2.42. The predicted molar refractivity (Wildman–Crippen MR) is 71.7 cm³/mol. The van der Waals surface area contributed by atoms with E-state index in [2.05, 4.69) is 15.3 Å². The Labute approximate surface area is 105 Å². The molecule has 2 aromatic rings. The van der Waals surface area contributed by atoms with Crippen LogP contribution >= 0.6 is 0 Å². The van der Waals surface area contributed by atoms with Gasteiger partial charge in [0.05, 0.1) is 5.56 Å². The highest BCUT2D eigenvalue weighted by Crippen LogP contribution is 2.22. The molecule has 1 heterocycles. The number of benzene rings is 1. The largest absolute Gasteiger partial charge is 0.399 e. The molecule has 0 saturated heterocycles. The number of hydrogen-bond donors (Lipinski definition) is 3. The Bertz CT molecular complexity index is 548. The van der Waals surface area contributed by atoms with Crippen molar-refractivity contribution >= 4 is 23.2 Å². The fourth-order valence-electron chi connectivity index (χ4n) is 1.63. The number of H-pyrrole nitrogens is 1. The Morgan fingerprint density at radius 1 is 1.44 bits per heavy atom. The van der Waals surface area contributed by atoms with E-state index >= 15 is 0 Å². The van der Waals surface area contributed by atoms with Crippen LogP contribution < -0.4 is 16.0 Å². The molecular weight excluding hydrogens is 230 g/mol. The Kier molecular flexibility index (Phi) is 3.18. The van der Waals surface area contributed by atoms with Crippen molar-refractivity contribution in [1.82, 2.24) is 9.97 Å². The van der Waals surface area contributed by atoms with E-state index in [1.807, 2.05) is 25.1 Å². The van der Waals surface area contributed by atoms with Crippen LogP contribution in [0.25, 0.3) is 0 Å². The van der Waals surface area contributed by atoms with Crippen LogP contribution in [0.4, 0.5) is 17.3 Å². The highest BCUT2D eigenvalue weighted by Gasteiger charge is 2.14. The number of nitrogens with one attached hydrogen (secondary N) is 2. The average Bonchev–Trinajstić information content (AvgIpc) is 2.81. The van der Waals surface area contributed by atoms with Gasteiger partial charge in [0.1, 0.15) is 0 Å². The lowest BCUT2D eigenvalue weighted by molar-refractivity contribution is 0.102. The first-order chi connectivity index (χ1) is 8.58. The molecule has 2 rings (SSSR count). The predicted octanol–water partition coefficient (Wildman–Crippen LogP) is 1.31. The fraction of sp³-hybridized carbons (Fsp3) is 0.167. The summed E-state index contributed by atoms with van der Waals surface area (Å²) in [5, 5.41) is 2.67. The van der Waals surface area contributed by atoms with Crippen LogP contribution in [0.1, 0.15) is 10.4 Å². The normalized spacial score (nSPS) is 10.1. The molecule has 0 aliphatic carbocycles. The summed E-state index contributed by atoms with van der Waals surface area (Å²) in [5.74, 6) is 0.160. The van der Waals surface area contributed by atoms with E-state index in [0.717, 1.165) is 5.69 Å². The van der Waals surface area contributed by atoms with Crippen molar-refractivity contribution in [3.8, 4) is 0 Å². The van der Waals surface area contributed by atoms with Crippen LogP contribution in [-0.2, 0) is 0 Å². The first kappa shape index (κ1) is 12.0. The zero-order chi connectivity index (χ0) is 13.1. The van der Waals surface area contributed by atoms with Crippen molar-refractivity contribution in [2.24, 2.45) is 0 Å². The topological polar surface area (TPSA) is 87.0 Å². The van der Waals surface area contributed by atoms with Gasteiger partial charge in [0.15, 0.2) is 0 Å². The summed E-state index contributed by atoms with van der Waals surface area (Å²) in [7, 11) is 3.74. The molecule has 6 heteroatoms. The number of amides is 1. The highest BCUT2D eigenvalue weighted by molar-refractivity contribution is 6.08. The Morgan fingerprint density at radius 2 is 2.22 bits per heavy atom. The summed E-state index contributed by atoms with van der Waals surface area (Å²) >= 11 is 0. The lowest BCUT2D eigenvalue weighted by Crippen LogP contribution is -2.19. The number of aromatic nitrogens is 2. The number of anilines is 3. The second-order valence-electron chi connectivity index (χ2n) is 4.06. The third-order valence-corrected chi connectivity index (χ3v) is 2.48. The number of nitrogens with zero attached hydrogens (tertiary/aromatic N) is 2. The average molecular weight is 245 g/mol. The zero-order valence-electron chi connectivity index (χ0n) is 10.3. The molecule has 18 heavy (non-hydrogen) atoms. The van der Waals surface area contributed by atoms with E-state index < -0.39 is 0 Å². The monoisotopic (exact) mass is 245 g/mol. The van der Waals surface area contributed by atoms with Crippen LogP contribution in [0.2, 0.25) is 0 Å². The molecule has 0 saturated carbocycles. The fourth-order valence-corrected chi connectivity index (χ4v) is 1.63. The van der Waals surface area contributed by atoms with Crippen molar-refractivity contribution in [3.05, 3.63) is 36.2 Å². The molecule has 0 unspecified atom stereocenters. The minimum absolute atomic E-state index is 0.249. The lowest BCUT2D eigenvalue weighted by Gasteiger charge is -2.17. The third-order valence-electron chi connectivity index (χ3n) is 2.48. The molecule has 0 spiro atoms. The molecule has 1 aromatic carbocycles. The first-order valence-electron chi connectivity index (χ1n) is 5.45. The summed E-state index contributed by atoms with van der Waals surface area (Å²) in [6, 6.07) is 5.22. The summed E-state index contributed by atoms with van der Waals surface area (Å²) < 4.78 is 0. The number of nitrogens with two attached hydrogens (primary N) is 1. The Balaban J connectivity index is 2.31. The number of rotatable bonds is 3. The van der Waals surface area contributed by atoms with Gasteiger partial charge in [-0.3, -0.25) is 10.1 Å². The van der Waals surface area contributed by atoms with Crippen LogP contribution in [0.3, 0.4) is 0 Å². The lowest BCUT2D eigenvalue weighted by atomic mass is 10.1.